The third kappa shape index (κ3) is 1.74. The summed E-state index contributed by atoms with van der Waals surface area (Å²) >= 11 is 0. The summed E-state index contributed by atoms with van der Waals surface area (Å²) in [6.07, 6.45) is 4.86. The molecule has 0 atom stereocenters. The molecular formula is C15H17NO2. The van der Waals surface area contributed by atoms with Gasteiger partial charge in [0.2, 0.25) is 0 Å². The van der Waals surface area contributed by atoms with Crippen molar-refractivity contribution in [2.75, 3.05) is 11.4 Å². The van der Waals surface area contributed by atoms with Crippen molar-refractivity contribution in [1.29, 1.82) is 0 Å². The number of aryl methyl sites for hydroxylation is 1. The van der Waals surface area contributed by atoms with Gasteiger partial charge in [0.25, 0.3) is 11.7 Å². The van der Waals surface area contributed by atoms with Crippen LogP contribution in [0.1, 0.15) is 41.6 Å². The number of carbonyl (C=O) groups excluding carboxylic acids is 2. The SMILES string of the molecule is Cc1ccc2c(c1)C(=O)C(=O)N2CC1CCCC1. The molecule has 0 radical (unpaired) electrons. The number of benzene rings is 1. The first-order valence-corrected chi connectivity index (χ1v) is 6.63. The van der Waals surface area contributed by atoms with Gasteiger partial charge in [-0.2, -0.15) is 0 Å². The summed E-state index contributed by atoms with van der Waals surface area (Å²) < 4.78 is 0. The van der Waals surface area contributed by atoms with Crippen LogP contribution in [0, 0.1) is 12.8 Å². The van der Waals surface area contributed by atoms with Crippen LogP contribution in [0.3, 0.4) is 0 Å². The van der Waals surface area contributed by atoms with E-state index in [-0.39, 0.29) is 11.7 Å². The fourth-order valence-corrected chi connectivity index (χ4v) is 3.05. The lowest BCUT2D eigenvalue weighted by molar-refractivity contribution is -0.114. The average Bonchev–Trinajstić information content (AvgIpc) is 2.94. The predicted molar refractivity (Wildman–Crippen MR) is 69.8 cm³/mol. The van der Waals surface area contributed by atoms with E-state index in [4.69, 9.17) is 0 Å². The summed E-state index contributed by atoms with van der Waals surface area (Å²) in [5, 5.41) is 0. The van der Waals surface area contributed by atoms with E-state index in [0.29, 0.717) is 18.0 Å². The molecule has 0 N–H and O–H groups in total. The molecule has 0 bridgehead atoms. The van der Waals surface area contributed by atoms with Crippen LogP contribution in [0.5, 0.6) is 0 Å². The first-order valence-electron chi connectivity index (χ1n) is 6.63. The molecule has 1 fully saturated rings. The molecule has 0 aromatic heterocycles. The highest BCUT2D eigenvalue weighted by Gasteiger charge is 2.37. The molecule has 1 amide bonds. The van der Waals surface area contributed by atoms with Gasteiger partial charge in [0, 0.05) is 6.54 Å². The van der Waals surface area contributed by atoms with Gasteiger partial charge in [0.15, 0.2) is 0 Å². The zero-order valence-electron chi connectivity index (χ0n) is 10.6. The molecule has 0 unspecified atom stereocenters. The largest absolute Gasteiger partial charge is 0.304 e. The van der Waals surface area contributed by atoms with E-state index >= 15 is 0 Å². The van der Waals surface area contributed by atoms with E-state index in [9.17, 15) is 9.59 Å². The Balaban J connectivity index is 1.91. The standard InChI is InChI=1S/C15H17NO2/c1-10-6-7-13-12(8-10)14(17)15(18)16(13)9-11-4-2-3-5-11/h6-8,11H,2-5,9H2,1H3. The Kier molecular flexibility index (Phi) is 2.69. The predicted octanol–water partition coefficient (Wildman–Crippen LogP) is 2.71. The Hall–Kier alpha value is -1.64. The van der Waals surface area contributed by atoms with Crippen molar-refractivity contribution in [3.05, 3.63) is 29.3 Å². The van der Waals surface area contributed by atoms with Gasteiger partial charge in [-0.25, -0.2) is 0 Å². The Morgan fingerprint density at radius 3 is 2.67 bits per heavy atom. The van der Waals surface area contributed by atoms with Gasteiger partial charge >= 0.3 is 0 Å². The minimum Gasteiger partial charge on any atom is -0.304 e. The number of anilines is 1. The lowest BCUT2D eigenvalue weighted by atomic mass is 10.1. The molecule has 3 nitrogen and oxygen atoms in total. The quantitative estimate of drug-likeness (QED) is 0.749. The van der Waals surface area contributed by atoms with Crippen LogP contribution in [0.2, 0.25) is 0 Å². The molecule has 1 aromatic rings. The summed E-state index contributed by atoms with van der Waals surface area (Å²) in [5.74, 6) is -0.122. The van der Waals surface area contributed by atoms with E-state index in [1.807, 2.05) is 25.1 Å². The van der Waals surface area contributed by atoms with Gasteiger partial charge in [-0.1, -0.05) is 24.5 Å². The van der Waals surface area contributed by atoms with Crippen molar-refractivity contribution in [2.45, 2.75) is 32.6 Å². The summed E-state index contributed by atoms with van der Waals surface area (Å²) in [6, 6.07) is 5.69. The maximum absolute atomic E-state index is 12.0. The van der Waals surface area contributed by atoms with Crippen molar-refractivity contribution in [1.82, 2.24) is 0 Å². The van der Waals surface area contributed by atoms with E-state index < -0.39 is 0 Å². The molecule has 3 heteroatoms. The van der Waals surface area contributed by atoms with Gasteiger partial charge < -0.3 is 4.90 Å². The van der Waals surface area contributed by atoms with E-state index in [1.165, 1.54) is 25.7 Å². The molecule has 1 saturated carbocycles. The Morgan fingerprint density at radius 2 is 1.94 bits per heavy atom. The molecular weight excluding hydrogens is 226 g/mol. The van der Waals surface area contributed by atoms with E-state index in [2.05, 4.69) is 0 Å². The second kappa shape index (κ2) is 4.23. The van der Waals surface area contributed by atoms with Gasteiger partial charge in [0.1, 0.15) is 0 Å². The van der Waals surface area contributed by atoms with Crippen LogP contribution < -0.4 is 4.90 Å². The lowest BCUT2D eigenvalue weighted by Gasteiger charge is -2.20. The number of hydrogen-bond donors (Lipinski definition) is 0. The monoisotopic (exact) mass is 243 g/mol. The minimum absolute atomic E-state index is 0.341. The number of hydrogen-bond acceptors (Lipinski definition) is 2. The zero-order valence-corrected chi connectivity index (χ0v) is 10.6. The number of rotatable bonds is 2. The van der Waals surface area contributed by atoms with Crippen LogP contribution >= 0.6 is 0 Å². The Morgan fingerprint density at radius 1 is 1.22 bits per heavy atom. The Bertz CT molecular complexity index is 515. The van der Waals surface area contributed by atoms with Crippen LogP contribution in [0.25, 0.3) is 0 Å². The molecule has 1 heterocycles. The van der Waals surface area contributed by atoms with Gasteiger partial charge in [-0.05, 0) is 37.8 Å². The third-order valence-electron chi connectivity index (χ3n) is 4.04. The number of amides is 1. The van der Waals surface area contributed by atoms with Gasteiger partial charge in [0.05, 0.1) is 11.3 Å². The lowest BCUT2D eigenvalue weighted by Crippen LogP contribution is -2.33. The molecule has 1 aliphatic carbocycles. The number of carbonyl (C=O) groups is 2. The zero-order chi connectivity index (χ0) is 12.7. The van der Waals surface area contributed by atoms with Crippen molar-refractivity contribution < 1.29 is 9.59 Å². The second-order valence-electron chi connectivity index (χ2n) is 5.42. The maximum Gasteiger partial charge on any atom is 0.299 e. The normalized spacial score (nSPS) is 19.7. The highest BCUT2D eigenvalue weighted by molar-refractivity contribution is 6.52. The topological polar surface area (TPSA) is 37.4 Å². The number of nitrogens with zero attached hydrogens (tertiary/aromatic N) is 1. The molecule has 1 aromatic carbocycles. The number of ketones is 1. The van der Waals surface area contributed by atoms with E-state index in [0.717, 1.165) is 11.3 Å². The fourth-order valence-electron chi connectivity index (χ4n) is 3.05. The van der Waals surface area contributed by atoms with Crippen LogP contribution in [-0.2, 0) is 4.79 Å². The number of fused-ring (bicyclic) bond motifs is 1. The van der Waals surface area contributed by atoms with Crippen molar-refractivity contribution >= 4 is 17.4 Å². The summed E-state index contributed by atoms with van der Waals surface area (Å²) in [5.41, 5.74) is 2.41. The first-order chi connectivity index (χ1) is 8.66. The summed E-state index contributed by atoms with van der Waals surface area (Å²) in [6.45, 7) is 2.65. The van der Waals surface area contributed by atoms with Crippen molar-refractivity contribution in [3.63, 3.8) is 0 Å². The molecule has 2 aliphatic rings. The molecule has 0 spiro atoms. The molecule has 3 rings (SSSR count). The second-order valence-corrected chi connectivity index (χ2v) is 5.42. The molecule has 18 heavy (non-hydrogen) atoms. The van der Waals surface area contributed by atoms with Crippen LogP contribution in [0.4, 0.5) is 5.69 Å². The average molecular weight is 243 g/mol. The van der Waals surface area contributed by atoms with Crippen LogP contribution in [-0.4, -0.2) is 18.2 Å². The highest BCUT2D eigenvalue weighted by atomic mass is 16.2. The minimum atomic E-state index is -0.345. The van der Waals surface area contributed by atoms with E-state index in [1.54, 1.807) is 4.90 Å². The first kappa shape index (κ1) is 11.5. The van der Waals surface area contributed by atoms with Crippen molar-refractivity contribution in [2.24, 2.45) is 5.92 Å². The fraction of sp³-hybridized carbons (Fsp3) is 0.467. The highest BCUT2D eigenvalue weighted by Crippen LogP contribution is 2.33. The summed E-state index contributed by atoms with van der Waals surface area (Å²) in [4.78, 5) is 25.7. The Labute approximate surface area is 107 Å². The van der Waals surface area contributed by atoms with Crippen LogP contribution in [0.15, 0.2) is 18.2 Å². The third-order valence-corrected chi connectivity index (χ3v) is 4.04. The molecule has 94 valence electrons. The van der Waals surface area contributed by atoms with Crippen molar-refractivity contribution in [3.8, 4) is 0 Å². The van der Waals surface area contributed by atoms with Gasteiger partial charge in [-0.15, -0.1) is 0 Å². The number of Topliss-reactive ketones (excluding diaryl/α,β-unsaturated/α-hetero) is 1. The smallest absolute Gasteiger partial charge is 0.299 e. The van der Waals surface area contributed by atoms with Gasteiger partial charge in [-0.3, -0.25) is 9.59 Å². The molecule has 1 aliphatic heterocycles. The summed E-state index contributed by atoms with van der Waals surface area (Å²) in [7, 11) is 0. The maximum atomic E-state index is 12.0. The molecule has 0 saturated heterocycles.